The van der Waals surface area contributed by atoms with Crippen LogP contribution in [0.2, 0.25) is 0 Å². The summed E-state index contributed by atoms with van der Waals surface area (Å²) in [7, 11) is 3.18. The number of ether oxygens (including phenoxy) is 2. The van der Waals surface area contributed by atoms with Crippen molar-refractivity contribution in [1.82, 2.24) is 9.97 Å². The molecule has 30 heavy (non-hydrogen) atoms. The first kappa shape index (κ1) is 20.1. The number of benzene rings is 1. The van der Waals surface area contributed by atoms with Crippen molar-refractivity contribution >= 4 is 33.7 Å². The van der Waals surface area contributed by atoms with Crippen LogP contribution in [0.4, 0.5) is 5.13 Å². The summed E-state index contributed by atoms with van der Waals surface area (Å²) in [6.07, 6.45) is 0. The van der Waals surface area contributed by atoms with Crippen LogP contribution >= 0.6 is 22.7 Å². The topological polar surface area (TPSA) is 86.5 Å². The number of amides is 1. The molecule has 4 rings (SSSR count). The average Bonchev–Trinajstić information content (AvgIpc) is 3.47. The number of anilines is 1. The monoisotopic (exact) mass is 441 g/mol. The van der Waals surface area contributed by atoms with Gasteiger partial charge >= 0.3 is 0 Å². The summed E-state index contributed by atoms with van der Waals surface area (Å²) in [6, 6.07) is 9.32. The van der Waals surface area contributed by atoms with Crippen LogP contribution in [0.15, 0.2) is 40.1 Å². The van der Waals surface area contributed by atoms with Gasteiger partial charge < -0.3 is 13.9 Å². The SMILES string of the molecule is COc1ccc(-c2nc(NC(=O)c3csc(-c4ccc(C)o4)n3)sc2C)cc1OC. The minimum atomic E-state index is -0.312. The number of hydrogen-bond donors (Lipinski definition) is 1. The van der Waals surface area contributed by atoms with Crippen LogP contribution in [-0.4, -0.2) is 30.1 Å². The van der Waals surface area contributed by atoms with Crippen molar-refractivity contribution in [2.24, 2.45) is 0 Å². The molecular weight excluding hydrogens is 422 g/mol. The van der Waals surface area contributed by atoms with E-state index in [1.54, 1.807) is 19.6 Å². The Morgan fingerprint density at radius 2 is 1.87 bits per heavy atom. The lowest BCUT2D eigenvalue weighted by molar-refractivity contribution is 0.102. The van der Waals surface area contributed by atoms with E-state index in [2.05, 4.69) is 15.3 Å². The molecule has 4 aromatic rings. The van der Waals surface area contributed by atoms with E-state index in [-0.39, 0.29) is 5.91 Å². The fourth-order valence-corrected chi connectivity index (χ4v) is 4.49. The standard InChI is InChI=1S/C21H19N3O4S2/c1-11-5-7-16(28-11)20-22-14(10-29-20)19(25)24-21-23-18(12(2)30-21)13-6-8-15(26-3)17(9-13)27-4/h5-10H,1-4H3,(H,23,24,25). The first-order valence-electron chi connectivity index (χ1n) is 9.02. The average molecular weight is 442 g/mol. The second kappa shape index (κ2) is 8.29. The molecule has 1 N–H and O–H groups in total. The Labute approximate surface area is 181 Å². The fraction of sp³-hybridized carbons (Fsp3) is 0.190. The summed E-state index contributed by atoms with van der Waals surface area (Å²) < 4.78 is 16.2. The van der Waals surface area contributed by atoms with E-state index >= 15 is 0 Å². The van der Waals surface area contributed by atoms with Gasteiger partial charge in [-0.3, -0.25) is 10.1 Å². The zero-order valence-electron chi connectivity index (χ0n) is 16.8. The van der Waals surface area contributed by atoms with Crippen molar-refractivity contribution in [1.29, 1.82) is 0 Å². The molecule has 0 spiro atoms. The fourth-order valence-electron chi connectivity index (χ4n) is 2.90. The van der Waals surface area contributed by atoms with E-state index in [0.29, 0.717) is 33.1 Å². The zero-order valence-corrected chi connectivity index (χ0v) is 18.4. The largest absolute Gasteiger partial charge is 0.493 e. The molecule has 0 aliphatic carbocycles. The van der Waals surface area contributed by atoms with Gasteiger partial charge in [0.05, 0.1) is 19.9 Å². The maximum Gasteiger partial charge on any atom is 0.276 e. The summed E-state index contributed by atoms with van der Waals surface area (Å²) in [5.41, 5.74) is 1.98. The van der Waals surface area contributed by atoms with Crippen molar-refractivity contribution in [3.05, 3.63) is 52.0 Å². The molecule has 0 unspecified atom stereocenters. The summed E-state index contributed by atoms with van der Waals surface area (Å²) in [6.45, 7) is 3.82. The number of thiazole rings is 2. The maximum atomic E-state index is 12.6. The van der Waals surface area contributed by atoms with Crippen molar-refractivity contribution in [2.75, 3.05) is 19.5 Å². The molecule has 9 heteroatoms. The highest BCUT2D eigenvalue weighted by Crippen LogP contribution is 2.36. The number of carbonyl (C=O) groups is 1. The lowest BCUT2D eigenvalue weighted by atomic mass is 10.1. The summed E-state index contributed by atoms with van der Waals surface area (Å²) >= 11 is 2.76. The molecule has 0 radical (unpaired) electrons. The second-order valence-electron chi connectivity index (χ2n) is 6.40. The molecule has 1 aromatic carbocycles. The third-order valence-corrected chi connectivity index (χ3v) is 6.11. The zero-order chi connectivity index (χ0) is 21.3. The first-order valence-corrected chi connectivity index (χ1v) is 10.7. The summed E-state index contributed by atoms with van der Waals surface area (Å²) in [4.78, 5) is 22.6. The Morgan fingerprint density at radius 3 is 2.57 bits per heavy atom. The van der Waals surface area contributed by atoms with Gasteiger partial charge in [0.2, 0.25) is 0 Å². The molecule has 0 saturated heterocycles. The molecule has 0 aliphatic heterocycles. The smallest absolute Gasteiger partial charge is 0.276 e. The predicted octanol–water partition coefficient (Wildman–Crippen LogP) is 5.41. The van der Waals surface area contributed by atoms with Gasteiger partial charge in [0.25, 0.3) is 5.91 Å². The van der Waals surface area contributed by atoms with Crippen molar-refractivity contribution in [2.45, 2.75) is 13.8 Å². The molecule has 0 bridgehead atoms. The van der Waals surface area contributed by atoms with Crippen LogP contribution in [0, 0.1) is 13.8 Å². The lowest BCUT2D eigenvalue weighted by Gasteiger charge is -2.08. The van der Waals surface area contributed by atoms with Crippen LogP contribution in [0.25, 0.3) is 22.0 Å². The second-order valence-corrected chi connectivity index (χ2v) is 8.46. The molecule has 154 valence electrons. The number of rotatable bonds is 6. The van der Waals surface area contributed by atoms with E-state index < -0.39 is 0 Å². The van der Waals surface area contributed by atoms with E-state index in [4.69, 9.17) is 13.9 Å². The minimum Gasteiger partial charge on any atom is -0.493 e. The number of aromatic nitrogens is 2. The number of aryl methyl sites for hydroxylation is 2. The van der Waals surface area contributed by atoms with E-state index in [1.807, 2.05) is 44.2 Å². The lowest BCUT2D eigenvalue weighted by Crippen LogP contribution is -2.12. The highest BCUT2D eigenvalue weighted by atomic mass is 32.1. The van der Waals surface area contributed by atoms with Gasteiger partial charge in [0.15, 0.2) is 27.4 Å². The van der Waals surface area contributed by atoms with Gasteiger partial charge in [-0.1, -0.05) is 0 Å². The third kappa shape index (κ3) is 3.94. The van der Waals surface area contributed by atoms with Crippen LogP contribution in [0.1, 0.15) is 21.1 Å². The van der Waals surface area contributed by atoms with Gasteiger partial charge in [-0.2, -0.15) is 0 Å². The first-order chi connectivity index (χ1) is 14.5. The van der Waals surface area contributed by atoms with Crippen LogP contribution < -0.4 is 14.8 Å². The maximum absolute atomic E-state index is 12.6. The number of nitrogens with one attached hydrogen (secondary N) is 1. The minimum absolute atomic E-state index is 0.312. The molecule has 0 fully saturated rings. The van der Waals surface area contributed by atoms with Gasteiger partial charge in [-0.15, -0.1) is 22.7 Å². The highest BCUT2D eigenvalue weighted by Gasteiger charge is 2.18. The van der Waals surface area contributed by atoms with Gasteiger partial charge in [-0.25, -0.2) is 9.97 Å². The molecule has 0 aliphatic rings. The Balaban J connectivity index is 1.54. The number of furan rings is 1. The van der Waals surface area contributed by atoms with Crippen molar-refractivity contribution < 1.29 is 18.7 Å². The van der Waals surface area contributed by atoms with Crippen molar-refractivity contribution in [3.8, 4) is 33.5 Å². The third-order valence-electron chi connectivity index (χ3n) is 4.36. The Morgan fingerprint density at radius 1 is 1.07 bits per heavy atom. The number of methoxy groups -OCH3 is 2. The Hall–Kier alpha value is -3.17. The Kier molecular flexibility index (Phi) is 5.56. The predicted molar refractivity (Wildman–Crippen MR) is 118 cm³/mol. The van der Waals surface area contributed by atoms with Crippen LogP contribution in [0.5, 0.6) is 11.5 Å². The quantitative estimate of drug-likeness (QED) is 0.430. The van der Waals surface area contributed by atoms with E-state index in [9.17, 15) is 4.79 Å². The number of hydrogen-bond acceptors (Lipinski definition) is 8. The van der Waals surface area contributed by atoms with E-state index in [1.165, 1.54) is 22.7 Å². The Bertz CT molecular complexity index is 1210. The van der Waals surface area contributed by atoms with Crippen LogP contribution in [0.3, 0.4) is 0 Å². The molecule has 3 heterocycles. The molecular formula is C21H19N3O4S2. The molecule has 7 nitrogen and oxygen atoms in total. The van der Waals surface area contributed by atoms with Crippen LogP contribution in [-0.2, 0) is 0 Å². The number of nitrogens with zero attached hydrogens (tertiary/aromatic N) is 2. The van der Waals surface area contributed by atoms with Gasteiger partial charge in [-0.05, 0) is 44.2 Å². The molecule has 0 atom stereocenters. The molecule has 1 amide bonds. The highest BCUT2D eigenvalue weighted by molar-refractivity contribution is 7.16. The van der Waals surface area contributed by atoms with Crippen molar-refractivity contribution in [3.63, 3.8) is 0 Å². The van der Waals surface area contributed by atoms with E-state index in [0.717, 1.165) is 21.9 Å². The normalized spacial score (nSPS) is 10.8. The number of carbonyl (C=O) groups excluding carboxylic acids is 1. The molecule has 0 saturated carbocycles. The van der Waals surface area contributed by atoms with Gasteiger partial charge in [0.1, 0.15) is 11.5 Å². The molecule has 3 aromatic heterocycles. The summed E-state index contributed by atoms with van der Waals surface area (Å²) in [5, 5.41) is 5.71. The van der Waals surface area contributed by atoms with Gasteiger partial charge in [0, 0.05) is 15.8 Å². The summed E-state index contributed by atoms with van der Waals surface area (Å²) in [5.74, 6) is 2.41.